The van der Waals surface area contributed by atoms with E-state index in [2.05, 4.69) is 29.3 Å². The smallest absolute Gasteiger partial charge is 0.223 e. The quantitative estimate of drug-likeness (QED) is 0.715. The fourth-order valence-corrected chi connectivity index (χ4v) is 3.81. The number of aromatic nitrogens is 2. The summed E-state index contributed by atoms with van der Waals surface area (Å²) in [5.41, 5.74) is 4.84. The molecule has 4 rings (SSSR count). The Labute approximate surface area is 145 Å². The number of pyridine rings is 1. The van der Waals surface area contributed by atoms with Crippen LogP contribution in [0.5, 0.6) is 0 Å². The number of carbonyl (C=O) groups is 1. The van der Waals surface area contributed by atoms with Gasteiger partial charge in [-0.25, -0.2) is 9.37 Å². The summed E-state index contributed by atoms with van der Waals surface area (Å²) in [5.74, 6) is -0.202. The molecule has 0 N–H and O–H groups in total. The summed E-state index contributed by atoms with van der Waals surface area (Å²) >= 11 is 0. The summed E-state index contributed by atoms with van der Waals surface area (Å²) in [6.45, 7) is 6.55. The average Bonchev–Trinajstić information content (AvgIpc) is 3.12. The van der Waals surface area contributed by atoms with Crippen molar-refractivity contribution in [1.82, 2.24) is 9.38 Å². The summed E-state index contributed by atoms with van der Waals surface area (Å²) in [6, 6.07) is 8.58. The summed E-state index contributed by atoms with van der Waals surface area (Å²) in [6.07, 6.45) is 4.38. The molecular weight excluding hydrogens is 317 g/mol. The molecule has 3 aromatic rings. The van der Waals surface area contributed by atoms with Gasteiger partial charge in [-0.05, 0) is 23.8 Å². The molecular formula is C20H20FN3O. The van der Waals surface area contributed by atoms with Crippen LogP contribution in [0.1, 0.15) is 37.6 Å². The van der Waals surface area contributed by atoms with Crippen molar-refractivity contribution in [2.75, 3.05) is 11.4 Å². The van der Waals surface area contributed by atoms with E-state index in [1.165, 1.54) is 12.1 Å². The monoisotopic (exact) mass is 337 g/mol. The highest BCUT2D eigenvalue weighted by Crippen LogP contribution is 2.42. The molecule has 5 heteroatoms. The van der Waals surface area contributed by atoms with E-state index in [-0.39, 0.29) is 17.1 Å². The van der Waals surface area contributed by atoms with Crippen molar-refractivity contribution in [2.45, 2.75) is 32.6 Å². The van der Waals surface area contributed by atoms with Gasteiger partial charge in [0.05, 0.1) is 11.4 Å². The second-order valence-electron chi connectivity index (χ2n) is 7.32. The predicted octanol–water partition coefficient (Wildman–Crippen LogP) is 3.71. The van der Waals surface area contributed by atoms with E-state index in [9.17, 15) is 9.18 Å². The third kappa shape index (κ3) is 2.51. The lowest BCUT2D eigenvalue weighted by Crippen LogP contribution is -2.32. The Morgan fingerprint density at radius 2 is 2.00 bits per heavy atom. The third-order valence-corrected chi connectivity index (χ3v) is 4.90. The van der Waals surface area contributed by atoms with E-state index in [0.717, 1.165) is 28.2 Å². The topological polar surface area (TPSA) is 37.6 Å². The highest BCUT2D eigenvalue weighted by atomic mass is 19.1. The lowest BCUT2D eigenvalue weighted by Gasteiger charge is -2.19. The highest BCUT2D eigenvalue weighted by Gasteiger charge is 2.39. The van der Waals surface area contributed by atoms with E-state index < -0.39 is 0 Å². The molecule has 0 fully saturated rings. The summed E-state index contributed by atoms with van der Waals surface area (Å²) < 4.78 is 15.3. The summed E-state index contributed by atoms with van der Waals surface area (Å²) in [5, 5.41) is 0. The zero-order valence-corrected chi connectivity index (χ0v) is 14.6. The first-order valence-corrected chi connectivity index (χ1v) is 8.39. The van der Waals surface area contributed by atoms with E-state index in [0.29, 0.717) is 13.0 Å². The van der Waals surface area contributed by atoms with Crippen LogP contribution in [0.2, 0.25) is 0 Å². The van der Waals surface area contributed by atoms with Crippen molar-refractivity contribution >= 4 is 17.2 Å². The molecule has 1 aliphatic rings. The molecule has 0 saturated heterocycles. The van der Waals surface area contributed by atoms with Gasteiger partial charge in [0, 0.05) is 43.3 Å². The molecule has 1 aromatic carbocycles. The molecule has 0 atom stereocenters. The minimum absolute atomic E-state index is 0.0408. The lowest BCUT2D eigenvalue weighted by atomic mass is 9.90. The van der Waals surface area contributed by atoms with Gasteiger partial charge in [0.25, 0.3) is 0 Å². The van der Waals surface area contributed by atoms with Crippen LogP contribution in [-0.2, 0) is 16.6 Å². The minimum atomic E-state index is -0.242. The second-order valence-corrected chi connectivity index (χ2v) is 7.32. The van der Waals surface area contributed by atoms with Crippen LogP contribution in [0.25, 0.3) is 5.65 Å². The first-order chi connectivity index (χ1) is 11.9. The molecule has 25 heavy (non-hydrogen) atoms. The zero-order chi connectivity index (χ0) is 17.8. The molecule has 3 heterocycles. The summed E-state index contributed by atoms with van der Waals surface area (Å²) in [4.78, 5) is 18.5. The van der Waals surface area contributed by atoms with Crippen molar-refractivity contribution < 1.29 is 9.18 Å². The van der Waals surface area contributed by atoms with Crippen LogP contribution < -0.4 is 4.90 Å². The maximum atomic E-state index is 13.2. The Kier molecular flexibility index (Phi) is 3.42. The number of halogens is 1. The molecule has 2 aromatic heterocycles. The number of hydrogen-bond donors (Lipinski definition) is 0. The van der Waals surface area contributed by atoms with Crippen molar-refractivity contribution in [1.29, 1.82) is 0 Å². The first-order valence-electron chi connectivity index (χ1n) is 8.39. The van der Waals surface area contributed by atoms with Gasteiger partial charge in [-0.3, -0.25) is 4.79 Å². The average molecular weight is 337 g/mol. The Hall–Kier alpha value is -2.69. The molecule has 0 bridgehead atoms. The largest absolute Gasteiger partial charge is 0.310 e. The number of carbonyl (C=O) groups excluding carboxylic acids is 1. The molecule has 4 nitrogen and oxygen atoms in total. The van der Waals surface area contributed by atoms with Crippen molar-refractivity contribution in [3.63, 3.8) is 0 Å². The molecule has 0 spiro atoms. The lowest BCUT2D eigenvalue weighted by molar-refractivity contribution is -0.116. The van der Waals surface area contributed by atoms with E-state index in [4.69, 9.17) is 0 Å². The van der Waals surface area contributed by atoms with Crippen molar-refractivity contribution in [3.8, 4) is 0 Å². The zero-order valence-electron chi connectivity index (χ0n) is 14.6. The number of amides is 1. The summed E-state index contributed by atoms with van der Waals surface area (Å²) in [7, 11) is 0. The van der Waals surface area contributed by atoms with E-state index in [1.807, 2.05) is 11.1 Å². The molecule has 1 amide bonds. The first kappa shape index (κ1) is 15.8. The van der Waals surface area contributed by atoms with Gasteiger partial charge in [0.1, 0.15) is 11.5 Å². The number of nitrogens with zero attached hydrogens (tertiary/aromatic N) is 3. The molecule has 1 aliphatic heterocycles. The fourth-order valence-electron chi connectivity index (χ4n) is 3.81. The van der Waals surface area contributed by atoms with E-state index in [1.54, 1.807) is 25.3 Å². The van der Waals surface area contributed by atoms with Crippen LogP contribution >= 0.6 is 0 Å². The van der Waals surface area contributed by atoms with Crippen LogP contribution in [0, 0.1) is 5.82 Å². The van der Waals surface area contributed by atoms with Gasteiger partial charge in [0.15, 0.2) is 0 Å². The van der Waals surface area contributed by atoms with E-state index >= 15 is 0 Å². The van der Waals surface area contributed by atoms with Crippen LogP contribution in [0.15, 0.2) is 42.7 Å². The number of imidazole rings is 1. The Morgan fingerprint density at radius 3 is 2.68 bits per heavy atom. The number of hydrogen-bond acceptors (Lipinski definition) is 2. The second kappa shape index (κ2) is 5.41. The third-order valence-electron chi connectivity index (χ3n) is 4.90. The number of benzene rings is 1. The minimum Gasteiger partial charge on any atom is -0.310 e. The normalized spacial score (nSPS) is 15.6. The molecule has 128 valence electrons. The van der Waals surface area contributed by atoms with Crippen LogP contribution in [0.4, 0.5) is 10.1 Å². The van der Waals surface area contributed by atoms with Crippen LogP contribution in [0.3, 0.4) is 0 Å². The Balaban J connectivity index is 1.90. The van der Waals surface area contributed by atoms with Crippen molar-refractivity contribution in [3.05, 3.63) is 65.4 Å². The predicted molar refractivity (Wildman–Crippen MR) is 95.5 cm³/mol. The number of rotatable bonds is 2. The fraction of sp³-hybridized carbons (Fsp3) is 0.300. The Morgan fingerprint density at radius 1 is 1.28 bits per heavy atom. The van der Waals surface area contributed by atoms with Crippen LogP contribution in [-0.4, -0.2) is 21.8 Å². The standard InChI is InChI=1S/C20H20FN3O/c1-13(25)24-12-20(2,3)18-17(24)11-15(19-22-8-9-23(18)19)10-14-4-6-16(21)7-5-14/h4-9,11H,10,12H2,1-3H3. The Bertz CT molecular complexity index is 973. The highest BCUT2D eigenvalue weighted by molar-refractivity contribution is 5.95. The molecule has 0 aliphatic carbocycles. The van der Waals surface area contributed by atoms with Gasteiger partial charge in [-0.1, -0.05) is 26.0 Å². The molecule has 0 unspecified atom stereocenters. The number of anilines is 1. The molecule has 0 radical (unpaired) electrons. The number of fused-ring (bicyclic) bond motifs is 3. The maximum absolute atomic E-state index is 13.2. The van der Waals surface area contributed by atoms with Gasteiger partial charge in [-0.15, -0.1) is 0 Å². The van der Waals surface area contributed by atoms with Gasteiger partial charge in [-0.2, -0.15) is 0 Å². The van der Waals surface area contributed by atoms with Gasteiger partial charge < -0.3 is 9.30 Å². The van der Waals surface area contributed by atoms with Crippen molar-refractivity contribution in [2.24, 2.45) is 0 Å². The molecule has 0 saturated carbocycles. The SMILES string of the molecule is CC(=O)N1CC(C)(C)c2c1cc(Cc1ccc(F)cc1)c1nccn21. The maximum Gasteiger partial charge on any atom is 0.223 e. The van der Waals surface area contributed by atoms with Gasteiger partial charge in [0.2, 0.25) is 5.91 Å². The van der Waals surface area contributed by atoms with Gasteiger partial charge >= 0.3 is 0 Å².